The quantitative estimate of drug-likeness (QED) is 0.611. The van der Waals surface area contributed by atoms with Crippen LogP contribution in [0, 0.1) is 10.1 Å². The maximum atomic E-state index is 10.6. The molecule has 0 heterocycles. The highest BCUT2D eigenvalue weighted by atomic mass is 35.5. The van der Waals surface area contributed by atoms with Gasteiger partial charge in [0.05, 0.1) is 11.0 Å². The Morgan fingerprint density at radius 2 is 2.31 bits per heavy atom. The van der Waals surface area contributed by atoms with Crippen LogP contribution in [-0.2, 0) is 6.54 Å². The first kappa shape index (κ1) is 12.9. The summed E-state index contributed by atoms with van der Waals surface area (Å²) in [5, 5.41) is 22.7. The Kier molecular flexibility index (Phi) is 4.67. The largest absolute Gasteiger partial charge is 0.392 e. The Balaban J connectivity index is 2.68. The molecular weight excluding hydrogens is 232 g/mol. The molecular formula is C10H13ClN2O3. The van der Waals surface area contributed by atoms with Gasteiger partial charge >= 0.3 is 0 Å². The van der Waals surface area contributed by atoms with E-state index in [1.165, 1.54) is 12.1 Å². The third-order valence-electron chi connectivity index (χ3n) is 1.98. The van der Waals surface area contributed by atoms with E-state index in [1.54, 1.807) is 13.0 Å². The van der Waals surface area contributed by atoms with Gasteiger partial charge in [-0.25, -0.2) is 0 Å². The molecule has 1 rings (SSSR count). The first-order chi connectivity index (χ1) is 7.50. The summed E-state index contributed by atoms with van der Waals surface area (Å²) in [6.45, 7) is 2.57. The zero-order chi connectivity index (χ0) is 12.1. The second-order valence-corrected chi connectivity index (χ2v) is 3.93. The summed E-state index contributed by atoms with van der Waals surface area (Å²) < 4.78 is 0. The number of nitrogens with zero attached hydrogens (tertiary/aromatic N) is 1. The van der Waals surface area contributed by atoms with Gasteiger partial charge in [0.25, 0.3) is 5.69 Å². The lowest BCUT2D eigenvalue weighted by Crippen LogP contribution is -2.23. The fourth-order valence-electron chi connectivity index (χ4n) is 1.23. The molecule has 6 heteroatoms. The van der Waals surface area contributed by atoms with E-state index in [9.17, 15) is 10.1 Å². The maximum absolute atomic E-state index is 10.6. The van der Waals surface area contributed by atoms with Gasteiger partial charge in [0.15, 0.2) is 0 Å². The van der Waals surface area contributed by atoms with Gasteiger partial charge in [-0.3, -0.25) is 10.1 Å². The van der Waals surface area contributed by atoms with Gasteiger partial charge in [-0.1, -0.05) is 17.7 Å². The number of benzene rings is 1. The lowest BCUT2D eigenvalue weighted by Gasteiger charge is -2.07. The highest BCUT2D eigenvalue weighted by Crippen LogP contribution is 2.24. The van der Waals surface area contributed by atoms with Gasteiger partial charge in [0.1, 0.15) is 5.02 Å². The van der Waals surface area contributed by atoms with Crippen molar-refractivity contribution in [1.82, 2.24) is 5.32 Å². The van der Waals surface area contributed by atoms with Gasteiger partial charge < -0.3 is 10.4 Å². The molecule has 0 aromatic heterocycles. The second-order valence-electron chi connectivity index (χ2n) is 3.52. The number of nitro groups is 1. The molecule has 0 saturated carbocycles. The minimum Gasteiger partial charge on any atom is -0.392 e. The van der Waals surface area contributed by atoms with Crippen molar-refractivity contribution in [2.75, 3.05) is 6.54 Å². The third kappa shape index (κ3) is 3.77. The summed E-state index contributed by atoms with van der Waals surface area (Å²) in [5.41, 5.74) is 0.662. The number of aliphatic hydroxyl groups is 1. The van der Waals surface area contributed by atoms with Crippen LogP contribution in [0.1, 0.15) is 12.5 Å². The van der Waals surface area contributed by atoms with Crippen LogP contribution >= 0.6 is 11.6 Å². The molecule has 88 valence electrons. The number of aliphatic hydroxyl groups excluding tert-OH is 1. The predicted molar refractivity (Wildman–Crippen MR) is 61.5 cm³/mol. The molecule has 1 aromatic carbocycles. The predicted octanol–water partition coefficient (Wildman–Crippen LogP) is 1.72. The monoisotopic (exact) mass is 244 g/mol. The van der Waals surface area contributed by atoms with Crippen LogP contribution in [0.5, 0.6) is 0 Å². The molecule has 1 atom stereocenters. The molecule has 0 fully saturated rings. The molecule has 5 nitrogen and oxygen atoms in total. The van der Waals surface area contributed by atoms with Crippen molar-refractivity contribution in [2.45, 2.75) is 19.6 Å². The normalized spacial score (nSPS) is 12.4. The molecule has 0 aliphatic rings. The van der Waals surface area contributed by atoms with E-state index in [-0.39, 0.29) is 10.7 Å². The Morgan fingerprint density at radius 3 is 2.88 bits per heavy atom. The molecule has 1 aromatic rings. The molecule has 0 saturated heterocycles. The molecule has 0 spiro atoms. The van der Waals surface area contributed by atoms with Gasteiger partial charge in [0.2, 0.25) is 0 Å². The van der Waals surface area contributed by atoms with Gasteiger partial charge in [-0.15, -0.1) is 0 Å². The van der Waals surface area contributed by atoms with Crippen molar-refractivity contribution >= 4 is 17.3 Å². The van der Waals surface area contributed by atoms with Crippen molar-refractivity contribution in [1.29, 1.82) is 0 Å². The van der Waals surface area contributed by atoms with Crippen LogP contribution in [-0.4, -0.2) is 22.7 Å². The second kappa shape index (κ2) is 5.79. The Hall–Kier alpha value is -1.17. The maximum Gasteiger partial charge on any atom is 0.288 e. The van der Waals surface area contributed by atoms with Crippen molar-refractivity contribution in [3.05, 3.63) is 38.9 Å². The summed E-state index contributed by atoms with van der Waals surface area (Å²) in [6.07, 6.45) is -0.442. The van der Waals surface area contributed by atoms with E-state index in [2.05, 4.69) is 5.32 Å². The van der Waals surface area contributed by atoms with Crippen molar-refractivity contribution < 1.29 is 10.0 Å². The minimum absolute atomic E-state index is 0.0991. The molecule has 16 heavy (non-hydrogen) atoms. The Labute approximate surface area is 98.2 Å². The van der Waals surface area contributed by atoms with Crippen molar-refractivity contribution in [2.24, 2.45) is 0 Å². The molecule has 0 amide bonds. The van der Waals surface area contributed by atoms with Crippen LogP contribution < -0.4 is 5.32 Å². The fourth-order valence-corrected chi connectivity index (χ4v) is 1.42. The van der Waals surface area contributed by atoms with Crippen LogP contribution in [0.2, 0.25) is 5.02 Å². The molecule has 0 aliphatic carbocycles. The lowest BCUT2D eigenvalue weighted by atomic mass is 10.2. The van der Waals surface area contributed by atoms with E-state index in [0.29, 0.717) is 13.1 Å². The van der Waals surface area contributed by atoms with Crippen LogP contribution in [0.25, 0.3) is 0 Å². The molecule has 0 unspecified atom stereocenters. The van der Waals surface area contributed by atoms with Crippen LogP contribution in [0.15, 0.2) is 18.2 Å². The highest BCUT2D eigenvalue weighted by Gasteiger charge is 2.12. The lowest BCUT2D eigenvalue weighted by molar-refractivity contribution is -0.384. The number of halogens is 1. The summed E-state index contributed by atoms with van der Waals surface area (Å²) in [5.74, 6) is 0. The summed E-state index contributed by atoms with van der Waals surface area (Å²) >= 11 is 5.67. The van der Waals surface area contributed by atoms with E-state index < -0.39 is 11.0 Å². The number of nitro benzene ring substituents is 1. The molecule has 0 aliphatic heterocycles. The zero-order valence-corrected chi connectivity index (χ0v) is 9.57. The van der Waals surface area contributed by atoms with E-state index in [0.717, 1.165) is 5.56 Å². The minimum atomic E-state index is -0.513. The number of hydrogen-bond donors (Lipinski definition) is 2. The van der Waals surface area contributed by atoms with Crippen molar-refractivity contribution in [3.8, 4) is 0 Å². The van der Waals surface area contributed by atoms with Gasteiger partial charge in [0, 0.05) is 19.2 Å². The molecule has 0 radical (unpaired) electrons. The van der Waals surface area contributed by atoms with Gasteiger partial charge in [-0.05, 0) is 18.6 Å². The van der Waals surface area contributed by atoms with Crippen molar-refractivity contribution in [3.63, 3.8) is 0 Å². The van der Waals surface area contributed by atoms with Crippen LogP contribution in [0.3, 0.4) is 0 Å². The van der Waals surface area contributed by atoms with E-state index >= 15 is 0 Å². The number of nitrogens with one attached hydrogen (secondary N) is 1. The van der Waals surface area contributed by atoms with Gasteiger partial charge in [-0.2, -0.15) is 0 Å². The highest BCUT2D eigenvalue weighted by molar-refractivity contribution is 6.32. The smallest absolute Gasteiger partial charge is 0.288 e. The number of rotatable bonds is 5. The first-order valence-corrected chi connectivity index (χ1v) is 5.20. The molecule has 0 bridgehead atoms. The average molecular weight is 245 g/mol. The SMILES string of the molecule is C[C@@H](O)CNCc1ccc(Cl)c([N+](=O)[O-])c1. The Morgan fingerprint density at radius 1 is 1.62 bits per heavy atom. The Bertz CT molecular complexity index is 382. The average Bonchev–Trinajstić information content (AvgIpc) is 2.19. The van der Waals surface area contributed by atoms with Crippen LogP contribution in [0.4, 0.5) is 5.69 Å². The summed E-state index contributed by atoms with van der Waals surface area (Å²) in [7, 11) is 0. The summed E-state index contributed by atoms with van der Waals surface area (Å²) in [6, 6.07) is 4.64. The first-order valence-electron chi connectivity index (χ1n) is 4.82. The van der Waals surface area contributed by atoms with E-state index in [1.807, 2.05) is 0 Å². The third-order valence-corrected chi connectivity index (χ3v) is 2.30. The zero-order valence-electron chi connectivity index (χ0n) is 8.81. The fraction of sp³-hybridized carbons (Fsp3) is 0.400. The topological polar surface area (TPSA) is 75.4 Å². The number of hydrogen-bond acceptors (Lipinski definition) is 4. The summed E-state index contributed by atoms with van der Waals surface area (Å²) in [4.78, 5) is 10.1. The molecule has 2 N–H and O–H groups in total. The standard InChI is InChI=1S/C10H13ClN2O3/c1-7(14)5-12-6-8-2-3-9(11)10(4-8)13(15)16/h2-4,7,12,14H,5-6H2,1H3/t7-/m1/s1. The van der Waals surface area contributed by atoms with E-state index in [4.69, 9.17) is 16.7 Å².